The Morgan fingerprint density at radius 1 is 0.750 bits per heavy atom. The number of hydrogen-bond acceptors (Lipinski definition) is 6. The van der Waals surface area contributed by atoms with E-state index in [1.54, 1.807) is 49.1 Å². The van der Waals surface area contributed by atoms with Crippen molar-refractivity contribution in [3.05, 3.63) is 72.3 Å². The Morgan fingerprint density at radius 2 is 1.40 bits per heavy atom. The number of hydrogen-bond donors (Lipinski definition) is 0. The molecule has 48 heavy (non-hydrogen) atoms. The van der Waals surface area contributed by atoms with Gasteiger partial charge in [-0.05, 0) is 141 Å². The maximum atomic E-state index is 13.2. The Morgan fingerprint density at radius 3 is 2.04 bits per heavy atom. The van der Waals surface area contributed by atoms with Crippen molar-refractivity contribution >= 4 is 11.9 Å². The third-order valence-electron chi connectivity index (χ3n) is 15.8. The van der Waals surface area contributed by atoms with Crippen LogP contribution in [0, 0.1) is 56.7 Å². The largest absolute Gasteiger partial charge is 0.461 e. The smallest absolute Gasteiger partial charge is 0.338 e. The summed E-state index contributed by atoms with van der Waals surface area (Å²) in [5, 5.41) is 0. The van der Waals surface area contributed by atoms with Crippen LogP contribution in [0.1, 0.15) is 126 Å². The maximum Gasteiger partial charge on any atom is 0.338 e. The molecule has 0 aromatic carbocycles. The number of fused-ring (bicyclic) bond motifs is 7. The van der Waals surface area contributed by atoms with Gasteiger partial charge in [0.15, 0.2) is 0 Å². The van der Waals surface area contributed by atoms with Crippen LogP contribution in [0.3, 0.4) is 0 Å². The van der Waals surface area contributed by atoms with Crippen molar-refractivity contribution in [1.82, 2.24) is 9.97 Å². The van der Waals surface area contributed by atoms with Crippen molar-refractivity contribution < 1.29 is 19.1 Å². The van der Waals surface area contributed by atoms with Crippen molar-refractivity contribution in [3.63, 3.8) is 0 Å². The number of nitrogens with zero attached hydrogens (tertiary/aromatic N) is 2. The molecule has 5 fully saturated rings. The lowest BCUT2D eigenvalue weighted by molar-refractivity contribution is -0.249. The molecule has 6 nitrogen and oxygen atoms in total. The minimum Gasteiger partial charge on any atom is -0.461 e. The van der Waals surface area contributed by atoms with Gasteiger partial charge in [0.05, 0.1) is 17.7 Å². The van der Waals surface area contributed by atoms with E-state index in [9.17, 15) is 9.59 Å². The second-order valence-corrected chi connectivity index (χ2v) is 17.9. The number of carbonyl (C=O) groups excluding carboxylic acids is 2. The Labute approximate surface area is 287 Å². The molecular formula is C42H56N2O4. The zero-order valence-electron chi connectivity index (χ0n) is 30.1. The summed E-state index contributed by atoms with van der Waals surface area (Å²) in [5.41, 5.74) is 3.00. The van der Waals surface area contributed by atoms with Crippen LogP contribution in [0.4, 0.5) is 0 Å². The van der Waals surface area contributed by atoms with Crippen LogP contribution in [-0.2, 0) is 9.47 Å². The predicted molar refractivity (Wildman–Crippen MR) is 187 cm³/mol. The van der Waals surface area contributed by atoms with Gasteiger partial charge >= 0.3 is 11.9 Å². The molecule has 0 spiro atoms. The van der Waals surface area contributed by atoms with Crippen LogP contribution in [0.25, 0.3) is 0 Å². The lowest BCUT2D eigenvalue weighted by Gasteiger charge is -2.73. The van der Waals surface area contributed by atoms with E-state index in [1.807, 2.05) is 0 Å². The van der Waals surface area contributed by atoms with Crippen LogP contribution < -0.4 is 0 Å². The monoisotopic (exact) mass is 652 g/mol. The number of rotatable bonds is 6. The molecule has 6 heteroatoms. The first kappa shape index (κ1) is 33.5. The van der Waals surface area contributed by atoms with Crippen LogP contribution in [0.2, 0.25) is 0 Å². The molecule has 5 aliphatic rings. The summed E-state index contributed by atoms with van der Waals surface area (Å²) in [5.74, 6) is 2.22. The van der Waals surface area contributed by atoms with Gasteiger partial charge in [0.2, 0.25) is 0 Å². The Balaban J connectivity index is 1.14. The van der Waals surface area contributed by atoms with Gasteiger partial charge < -0.3 is 9.47 Å². The molecule has 0 aliphatic heterocycles. The van der Waals surface area contributed by atoms with Gasteiger partial charge in [-0.2, -0.15) is 0 Å². The van der Waals surface area contributed by atoms with Gasteiger partial charge in [0.25, 0.3) is 0 Å². The molecule has 2 aromatic rings. The highest BCUT2D eigenvalue weighted by Gasteiger charge is 2.71. The highest BCUT2D eigenvalue weighted by atomic mass is 16.5. The topological polar surface area (TPSA) is 78.4 Å². The molecule has 0 saturated heterocycles. The maximum absolute atomic E-state index is 13.2. The molecular weight excluding hydrogens is 596 g/mol. The molecule has 5 saturated carbocycles. The molecule has 10 atom stereocenters. The van der Waals surface area contributed by atoms with Crippen LogP contribution in [0.5, 0.6) is 0 Å². The SMILES string of the molecule is C=C(C)[C@@H]1CC[C@]2(COC(=O)c3ccncc3)CC[C@]3(C)[C@H](CC[C@@H]4[C@@]5(C)CC[C@H](OC(=O)c6ccncc6)C(C)(C)[C@@H]5CC[C@]43C)[C@H]12. The van der Waals surface area contributed by atoms with Crippen molar-refractivity contribution in [2.24, 2.45) is 56.7 Å². The third-order valence-corrected chi connectivity index (χ3v) is 15.8. The fraction of sp³-hybridized carbons (Fsp3) is 0.667. The van der Waals surface area contributed by atoms with Crippen molar-refractivity contribution in [3.8, 4) is 0 Å². The van der Waals surface area contributed by atoms with Gasteiger partial charge in [-0.15, -0.1) is 0 Å². The second-order valence-electron chi connectivity index (χ2n) is 17.9. The van der Waals surface area contributed by atoms with E-state index in [4.69, 9.17) is 9.47 Å². The lowest BCUT2D eigenvalue weighted by Crippen LogP contribution is -2.67. The van der Waals surface area contributed by atoms with Gasteiger partial charge in [-0.1, -0.05) is 46.8 Å². The van der Waals surface area contributed by atoms with Crippen molar-refractivity contribution in [2.75, 3.05) is 6.61 Å². The number of aromatic nitrogens is 2. The zero-order chi connectivity index (χ0) is 34.1. The van der Waals surface area contributed by atoms with Gasteiger partial charge in [-0.3, -0.25) is 9.97 Å². The first-order valence-electron chi connectivity index (χ1n) is 18.6. The molecule has 0 amide bonds. The molecule has 0 radical (unpaired) electrons. The minimum atomic E-state index is -0.232. The third kappa shape index (κ3) is 4.93. The summed E-state index contributed by atoms with van der Waals surface area (Å²) in [6.45, 7) is 19.9. The van der Waals surface area contributed by atoms with E-state index in [2.05, 4.69) is 58.1 Å². The summed E-state index contributed by atoms with van der Waals surface area (Å²) >= 11 is 0. The summed E-state index contributed by atoms with van der Waals surface area (Å²) in [7, 11) is 0. The molecule has 0 N–H and O–H groups in total. The average molecular weight is 653 g/mol. The molecule has 0 bridgehead atoms. The van der Waals surface area contributed by atoms with E-state index in [-0.39, 0.29) is 45.1 Å². The second kappa shape index (κ2) is 11.8. The minimum absolute atomic E-state index is 0.0134. The van der Waals surface area contributed by atoms with E-state index >= 15 is 0 Å². The average Bonchev–Trinajstić information content (AvgIpc) is 3.46. The van der Waals surface area contributed by atoms with Gasteiger partial charge in [0.1, 0.15) is 6.10 Å². The first-order valence-corrected chi connectivity index (χ1v) is 18.6. The summed E-state index contributed by atoms with van der Waals surface area (Å²) < 4.78 is 12.5. The highest BCUT2D eigenvalue weighted by Crippen LogP contribution is 2.77. The van der Waals surface area contributed by atoms with Crippen molar-refractivity contribution in [1.29, 1.82) is 0 Å². The number of ether oxygens (including phenoxy) is 2. The normalized spacial score (nSPS) is 41.1. The Kier molecular flexibility index (Phi) is 8.23. The van der Waals surface area contributed by atoms with E-state index in [0.29, 0.717) is 47.3 Å². The molecule has 7 rings (SSSR count). The molecule has 258 valence electrons. The Bertz CT molecular complexity index is 1560. The lowest BCUT2D eigenvalue weighted by atomic mass is 9.32. The van der Waals surface area contributed by atoms with Crippen molar-refractivity contribution in [2.45, 2.75) is 112 Å². The fourth-order valence-corrected chi connectivity index (χ4v) is 13.2. The van der Waals surface area contributed by atoms with E-state index in [0.717, 1.165) is 32.1 Å². The molecule has 2 heterocycles. The Hall–Kier alpha value is -3.02. The first-order chi connectivity index (χ1) is 22.8. The molecule has 2 aromatic heterocycles. The summed E-state index contributed by atoms with van der Waals surface area (Å²) in [6.07, 6.45) is 18.0. The number of esters is 2. The summed E-state index contributed by atoms with van der Waals surface area (Å²) in [6, 6.07) is 7.00. The van der Waals surface area contributed by atoms with E-state index < -0.39 is 0 Å². The highest BCUT2D eigenvalue weighted by molar-refractivity contribution is 5.89. The number of carbonyl (C=O) groups is 2. The zero-order valence-corrected chi connectivity index (χ0v) is 30.1. The van der Waals surface area contributed by atoms with Crippen LogP contribution in [-0.4, -0.2) is 34.6 Å². The van der Waals surface area contributed by atoms with Crippen LogP contribution in [0.15, 0.2) is 61.2 Å². The molecule has 5 aliphatic carbocycles. The standard InChI is InChI=1S/C42H56N2O4/c1-27(2)30-10-19-42(26-47-36(45)28-13-22-43-23-14-28)21-20-40(6)31(35(30)42)8-9-33-39(5)17-12-34(48-37(46)29-15-24-44-25-16-29)38(3,4)32(39)11-18-41(33,40)7/h13-16,22-25,30-35H,1,8-12,17-21,26H2,2-7H3/t30-,31+,32-,33+,34-,35-,39-,40+,41+,42+/m0/s1. The number of pyridine rings is 2. The molecule has 0 unspecified atom stereocenters. The fourth-order valence-electron chi connectivity index (χ4n) is 13.2. The predicted octanol–water partition coefficient (Wildman–Crippen LogP) is 9.52. The van der Waals surface area contributed by atoms with Gasteiger partial charge in [0, 0.05) is 35.6 Å². The summed E-state index contributed by atoms with van der Waals surface area (Å²) in [4.78, 5) is 34.5. The van der Waals surface area contributed by atoms with Gasteiger partial charge in [-0.25, -0.2) is 9.59 Å². The number of allylic oxidation sites excluding steroid dienone is 1. The van der Waals surface area contributed by atoms with E-state index in [1.165, 1.54) is 37.7 Å². The van der Waals surface area contributed by atoms with Crippen LogP contribution >= 0.6 is 0 Å². The quantitative estimate of drug-likeness (QED) is 0.229.